The fraction of sp³-hybridized carbons (Fsp3) is 0. The molecule has 5 heteroatoms. The Morgan fingerprint density at radius 2 is 1.62 bits per heavy atom. The van der Waals surface area contributed by atoms with Crippen molar-refractivity contribution < 1.29 is 8.78 Å². The summed E-state index contributed by atoms with van der Waals surface area (Å²) in [5.41, 5.74) is -0.00549. The van der Waals surface area contributed by atoms with Crippen molar-refractivity contribution in [3.63, 3.8) is 0 Å². The van der Waals surface area contributed by atoms with Gasteiger partial charge in [0, 0.05) is 15.6 Å². The molecular weight excluding hydrogens is 255 g/mol. The Morgan fingerprint density at radius 3 is 2.25 bits per heavy atom. The smallest absolute Gasteiger partial charge is 0.152 e. The summed E-state index contributed by atoms with van der Waals surface area (Å²) < 4.78 is 26.9. The van der Waals surface area contributed by atoms with Gasteiger partial charge in [0.05, 0.1) is 18.0 Å². The summed E-state index contributed by atoms with van der Waals surface area (Å²) in [6.45, 7) is 0. The third-order valence-electron chi connectivity index (χ3n) is 2.05. The molecule has 16 heavy (non-hydrogen) atoms. The number of aromatic nitrogens is 1. The molecule has 0 aliphatic carbocycles. The first-order chi connectivity index (χ1) is 7.59. The molecule has 2 aromatic rings. The molecule has 0 saturated carbocycles. The Labute approximate surface area is 101 Å². The third kappa shape index (κ3) is 2.01. The first kappa shape index (κ1) is 11.3. The number of pyridine rings is 1. The molecular formula is C11H5Cl2F2N. The van der Waals surface area contributed by atoms with Gasteiger partial charge in [0.2, 0.25) is 0 Å². The highest BCUT2D eigenvalue weighted by molar-refractivity contribution is 6.35. The number of hydrogen-bond acceptors (Lipinski definition) is 1. The van der Waals surface area contributed by atoms with Crippen molar-refractivity contribution in [2.24, 2.45) is 0 Å². The fourth-order valence-corrected chi connectivity index (χ4v) is 1.74. The normalized spacial score (nSPS) is 10.5. The van der Waals surface area contributed by atoms with Crippen molar-refractivity contribution in [2.45, 2.75) is 0 Å². The zero-order valence-electron chi connectivity index (χ0n) is 7.85. The van der Waals surface area contributed by atoms with E-state index in [1.165, 1.54) is 12.1 Å². The van der Waals surface area contributed by atoms with Gasteiger partial charge in [-0.3, -0.25) is 4.98 Å². The van der Waals surface area contributed by atoms with Crippen molar-refractivity contribution in [1.82, 2.24) is 4.98 Å². The Morgan fingerprint density at radius 1 is 1.00 bits per heavy atom. The number of hydrogen-bond donors (Lipinski definition) is 0. The van der Waals surface area contributed by atoms with Crippen molar-refractivity contribution in [2.75, 3.05) is 0 Å². The molecule has 1 nitrogen and oxygen atoms in total. The lowest BCUT2D eigenvalue weighted by Gasteiger charge is -2.07. The maximum absolute atomic E-state index is 13.4. The van der Waals surface area contributed by atoms with E-state index in [9.17, 15) is 8.78 Å². The van der Waals surface area contributed by atoms with Gasteiger partial charge < -0.3 is 0 Å². The average Bonchev–Trinajstić information content (AvgIpc) is 2.23. The zero-order chi connectivity index (χ0) is 11.7. The van der Waals surface area contributed by atoms with Crippen molar-refractivity contribution in [1.29, 1.82) is 0 Å². The van der Waals surface area contributed by atoms with Gasteiger partial charge in [-0.15, -0.1) is 0 Å². The molecule has 0 fully saturated rings. The van der Waals surface area contributed by atoms with E-state index in [4.69, 9.17) is 23.2 Å². The van der Waals surface area contributed by atoms with E-state index >= 15 is 0 Å². The molecule has 0 radical (unpaired) electrons. The topological polar surface area (TPSA) is 12.9 Å². The van der Waals surface area contributed by atoms with Gasteiger partial charge in [-0.1, -0.05) is 23.2 Å². The van der Waals surface area contributed by atoms with Gasteiger partial charge in [-0.25, -0.2) is 8.78 Å². The maximum atomic E-state index is 13.4. The highest BCUT2D eigenvalue weighted by Gasteiger charge is 2.14. The van der Waals surface area contributed by atoms with Crippen molar-refractivity contribution >= 4 is 23.2 Å². The molecule has 0 saturated heterocycles. The van der Waals surface area contributed by atoms with Crippen LogP contribution in [0.3, 0.4) is 0 Å². The summed E-state index contributed by atoms with van der Waals surface area (Å²) in [5.74, 6) is -1.55. The fourth-order valence-electron chi connectivity index (χ4n) is 1.36. The number of halogens is 4. The average molecular weight is 260 g/mol. The minimum Gasteiger partial charge on any atom is -0.259 e. The standard InChI is InChI=1S/C11H5Cl2F2N/c12-6-1-2-8(13)7(3-6)11-9(14)4-16-5-10(11)15/h1-5H. The van der Waals surface area contributed by atoms with Gasteiger partial charge in [0.15, 0.2) is 11.6 Å². The van der Waals surface area contributed by atoms with E-state index in [2.05, 4.69) is 4.98 Å². The summed E-state index contributed by atoms with van der Waals surface area (Å²) in [7, 11) is 0. The van der Waals surface area contributed by atoms with Crippen LogP contribution in [0.15, 0.2) is 30.6 Å². The second-order valence-corrected chi connectivity index (χ2v) is 3.95. The quantitative estimate of drug-likeness (QED) is 0.743. The Balaban J connectivity index is 2.72. The zero-order valence-corrected chi connectivity index (χ0v) is 9.36. The molecule has 0 amide bonds. The summed E-state index contributed by atoms with van der Waals surface area (Å²) in [5, 5.41) is 0.586. The van der Waals surface area contributed by atoms with E-state index in [-0.39, 0.29) is 16.1 Å². The van der Waals surface area contributed by atoms with Crippen LogP contribution in [-0.4, -0.2) is 4.98 Å². The minimum atomic E-state index is -0.774. The Bertz CT molecular complexity index is 523. The molecule has 0 bridgehead atoms. The van der Waals surface area contributed by atoms with Gasteiger partial charge in [-0.2, -0.15) is 0 Å². The predicted molar refractivity (Wildman–Crippen MR) is 59.6 cm³/mol. The van der Waals surface area contributed by atoms with Crippen LogP contribution >= 0.6 is 23.2 Å². The highest BCUT2D eigenvalue weighted by Crippen LogP contribution is 2.33. The third-order valence-corrected chi connectivity index (χ3v) is 2.62. The molecule has 0 N–H and O–H groups in total. The van der Waals surface area contributed by atoms with E-state index in [0.717, 1.165) is 12.4 Å². The lowest BCUT2D eigenvalue weighted by molar-refractivity contribution is 0.579. The monoisotopic (exact) mass is 259 g/mol. The summed E-state index contributed by atoms with van der Waals surface area (Å²) in [6.07, 6.45) is 1.85. The highest BCUT2D eigenvalue weighted by atomic mass is 35.5. The van der Waals surface area contributed by atoms with Crippen LogP contribution in [-0.2, 0) is 0 Å². The van der Waals surface area contributed by atoms with Gasteiger partial charge in [0.25, 0.3) is 0 Å². The summed E-state index contributed by atoms with van der Waals surface area (Å²) in [6, 6.07) is 4.44. The molecule has 1 aromatic carbocycles. The van der Waals surface area contributed by atoms with Crippen LogP contribution in [0, 0.1) is 11.6 Å². The molecule has 0 aliphatic heterocycles. The first-order valence-electron chi connectivity index (χ1n) is 4.34. The van der Waals surface area contributed by atoms with E-state index in [0.29, 0.717) is 5.02 Å². The molecule has 82 valence electrons. The van der Waals surface area contributed by atoms with E-state index in [1.54, 1.807) is 6.07 Å². The lowest BCUT2D eigenvalue weighted by Crippen LogP contribution is -1.92. The van der Waals surface area contributed by atoms with Crippen LogP contribution in [0.25, 0.3) is 11.1 Å². The van der Waals surface area contributed by atoms with Crippen LogP contribution in [0.2, 0.25) is 10.0 Å². The van der Waals surface area contributed by atoms with Crippen LogP contribution < -0.4 is 0 Å². The Kier molecular flexibility index (Phi) is 3.08. The molecule has 1 aromatic heterocycles. The van der Waals surface area contributed by atoms with E-state index in [1.807, 2.05) is 0 Å². The van der Waals surface area contributed by atoms with Gasteiger partial charge in [-0.05, 0) is 18.2 Å². The second-order valence-electron chi connectivity index (χ2n) is 3.10. The van der Waals surface area contributed by atoms with Crippen LogP contribution in [0.5, 0.6) is 0 Å². The maximum Gasteiger partial charge on any atom is 0.152 e. The van der Waals surface area contributed by atoms with Crippen molar-refractivity contribution in [3.05, 3.63) is 52.3 Å². The largest absolute Gasteiger partial charge is 0.259 e. The molecule has 0 unspecified atom stereocenters. The van der Waals surface area contributed by atoms with Crippen LogP contribution in [0.4, 0.5) is 8.78 Å². The van der Waals surface area contributed by atoms with Crippen molar-refractivity contribution in [3.8, 4) is 11.1 Å². The molecule has 0 aliphatic rings. The van der Waals surface area contributed by atoms with Gasteiger partial charge >= 0.3 is 0 Å². The molecule has 0 atom stereocenters. The van der Waals surface area contributed by atoms with E-state index < -0.39 is 11.6 Å². The molecule has 2 rings (SSSR count). The second kappa shape index (κ2) is 4.36. The SMILES string of the molecule is Fc1cncc(F)c1-c1cc(Cl)ccc1Cl. The summed E-state index contributed by atoms with van der Waals surface area (Å²) in [4.78, 5) is 3.40. The number of rotatable bonds is 1. The Hall–Kier alpha value is -1.19. The van der Waals surface area contributed by atoms with Gasteiger partial charge in [0.1, 0.15) is 0 Å². The van der Waals surface area contributed by atoms with Crippen LogP contribution in [0.1, 0.15) is 0 Å². The first-order valence-corrected chi connectivity index (χ1v) is 5.09. The lowest BCUT2D eigenvalue weighted by atomic mass is 10.1. The molecule has 1 heterocycles. The predicted octanol–water partition coefficient (Wildman–Crippen LogP) is 4.33. The molecule has 0 spiro atoms. The number of benzene rings is 1. The number of nitrogens with zero attached hydrogens (tertiary/aromatic N) is 1. The minimum absolute atomic E-state index is 0.214. The summed E-state index contributed by atoms with van der Waals surface area (Å²) >= 11 is 11.6.